The molecule has 98 valence electrons. The molecule has 0 aliphatic carbocycles. The van der Waals surface area contributed by atoms with E-state index < -0.39 is 8.80 Å². The van der Waals surface area contributed by atoms with Crippen molar-refractivity contribution >= 4 is 8.80 Å². The van der Waals surface area contributed by atoms with Crippen LogP contribution in [0.1, 0.15) is 52.9 Å². The fourth-order valence-corrected chi connectivity index (χ4v) is 5.75. The van der Waals surface area contributed by atoms with Crippen molar-refractivity contribution in [3.63, 3.8) is 0 Å². The van der Waals surface area contributed by atoms with Crippen molar-refractivity contribution in [2.75, 3.05) is 21.3 Å². The summed E-state index contributed by atoms with van der Waals surface area (Å²) in [6.07, 6.45) is 5.62. The molecular weight excluding hydrogens is 220 g/mol. The van der Waals surface area contributed by atoms with Gasteiger partial charge in [0.1, 0.15) is 0 Å². The lowest BCUT2D eigenvalue weighted by molar-refractivity contribution is 0.0815. The van der Waals surface area contributed by atoms with Crippen molar-refractivity contribution in [1.82, 2.24) is 0 Å². The molecule has 0 saturated carbocycles. The van der Waals surface area contributed by atoms with Crippen molar-refractivity contribution in [1.29, 1.82) is 0 Å². The molecule has 4 heteroatoms. The maximum Gasteiger partial charge on any atom is 0.506 e. The summed E-state index contributed by atoms with van der Waals surface area (Å²) < 4.78 is 17.0. The summed E-state index contributed by atoms with van der Waals surface area (Å²) in [5.74, 6) is 0. The Morgan fingerprint density at radius 2 is 1.31 bits per heavy atom. The van der Waals surface area contributed by atoms with E-state index >= 15 is 0 Å². The largest absolute Gasteiger partial charge is 0.506 e. The second-order valence-corrected chi connectivity index (χ2v) is 7.66. The number of rotatable bonds is 9. The topological polar surface area (TPSA) is 27.7 Å². The Balaban J connectivity index is 5.09. The Morgan fingerprint density at radius 3 is 1.56 bits per heavy atom. The Kier molecular flexibility index (Phi) is 7.47. The monoisotopic (exact) mass is 248 g/mol. The summed E-state index contributed by atoms with van der Waals surface area (Å²) in [5, 5.41) is 0.0707. The second-order valence-electron chi connectivity index (χ2n) is 4.26. The van der Waals surface area contributed by atoms with Gasteiger partial charge >= 0.3 is 8.80 Å². The lowest BCUT2D eigenvalue weighted by Gasteiger charge is -2.43. The van der Waals surface area contributed by atoms with Gasteiger partial charge in [0.15, 0.2) is 0 Å². The fourth-order valence-electron chi connectivity index (χ4n) is 2.60. The molecule has 0 heterocycles. The summed E-state index contributed by atoms with van der Waals surface area (Å²) in [6, 6.07) is 0. The summed E-state index contributed by atoms with van der Waals surface area (Å²) in [4.78, 5) is 0. The zero-order valence-corrected chi connectivity index (χ0v) is 12.8. The third-order valence-corrected chi connectivity index (χ3v) is 7.69. The molecule has 0 amide bonds. The average molecular weight is 248 g/mol. The van der Waals surface area contributed by atoms with Gasteiger partial charge in [0.05, 0.1) is 0 Å². The van der Waals surface area contributed by atoms with Gasteiger partial charge in [0, 0.05) is 26.4 Å². The third kappa shape index (κ3) is 2.86. The van der Waals surface area contributed by atoms with Gasteiger partial charge in [0.25, 0.3) is 0 Å². The Labute approximate surface area is 102 Å². The first-order chi connectivity index (χ1) is 7.61. The van der Waals surface area contributed by atoms with E-state index in [1.807, 2.05) is 0 Å². The summed E-state index contributed by atoms with van der Waals surface area (Å²) in [6.45, 7) is 6.63. The SMILES string of the molecule is CCCCC(CC)(CC)[Si](OC)(OC)OC. The highest BCUT2D eigenvalue weighted by Crippen LogP contribution is 2.49. The highest BCUT2D eigenvalue weighted by molar-refractivity contribution is 6.64. The molecule has 0 saturated heterocycles. The molecule has 3 nitrogen and oxygen atoms in total. The van der Waals surface area contributed by atoms with Crippen molar-refractivity contribution in [2.24, 2.45) is 0 Å². The van der Waals surface area contributed by atoms with E-state index in [0.29, 0.717) is 0 Å². The van der Waals surface area contributed by atoms with Gasteiger partial charge in [-0.1, -0.05) is 33.6 Å². The average Bonchev–Trinajstić information content (AvgIpc) is 2.35. The minimum Gasteiger partial charge on any atom is -0.377 e. The maximum absolute atomic E-state index is 5.68. The molecule has 0 atom stereocenters. The van der Waals surface area contributed by atoms with Gasteiger partial charge in [-0.05, 0) is 19.3 Å². The Bertz CT molecular complexity index is 169. The lowest BCUT2D eigenvalue weighted by Crippen LogP contribution is -2.54. The van der Waals surface area contributed by atoms with Gasteiger partial charge in [0.2, 0.25) is 0 Å². The first kappa shape index (κ1) is 16.1. The molecule has 0 aliphatic rings. The van der Waals surface area contributed by atoms with E-state index in [4.69, 9.17) is 13.3 Å². The molecule has 0 N–H and O–H groups in total. The van der Waals surface area contributed by atoms with Crippen molar-refractivity contribution in [3.8, 4) is 0 Å². The zero-order valence-electron chi connectivity index (χ0n) is 11.8. The van der Waals surface area contributed by atoms with E-state index in [1.165, 1.54) is 12.8 Å². The summed E-state index contributed by atoms with van der Waals surface area (Å²) >= 11 is 0. The van der Waals surface area contributed by atoms with Crippen molar-refractivity contribution in [2.45, 2.75) is 57.9 Å². The van der Waals surface area contributed by atoms with E-state index in [0.717, 1.165) is 19.3 Å². The molecule has 0 aromatic carbocycles. The van der Waals surface area contributed by atoms with E-state index in [1.54, 1.807) is 21.3 Å². The molecule has 0 aliphatic heterocycles. The van der Waals surface area contributed by atoms with E-state index in [9.17, 15) is 0 Å². The minimum absolute atomic E-state index is 0.0707. The van der Waals surface area contributed by atoms with Crippen LogP contribution in [0.4, 0.5) is 0 Å². The minimum atomic E-state index is -2.53. The van der Waals surface area contributed by atoms with Crippen LogP contribution in [0, 0.1) is 0 Å². The molecule has 0 aromatic rings. The van der Waals surface area contributed by atoms with E-state index in [2.05, 4.69) is 20.8 Å². The fraction of sp³-hybridized carbons (Fsp3) is 1.00. The van der Waals surface area contributed by atoms with E-state index in [-0.39, 0.29) is 5.04 Å². The van der Waals surface area contributed by atoms with Crippen LogP contribution in [0.25, 0.3) is 0 Å². The third-order valence-electron chi connectivity index (χ3n) is 3.82. The molecule has 0 fully saturated rings. The first-order valence-corrected chi connectivity index (χ1v) is 7.99. The zero-order chi connectivity index (χ0) is 12.7. The lowest BCUT2D eigenvalue weighted by atomic mass is 9.95. The normalized spacial score (nSPS) is 13.1. The number of hydrogen-bond acceptors (Lipinski definition) is 3. The van der Waals surface area contributed by atoms with Crippen LogP contribution in [-0.2, 0) is 13.3 Å². The molecule has 16 heavy (non-hydrogen) atoms. The van der Waals surface area contributed by atoms with Crippen LogP contribution in [0.2, 0.25) is 5.04 Å². The van der Waals surface area contributed by atoms with Gasteiger partial charge in [-0.25, -0.2) is 0 Å². The number of unbranched alkanes of at least 4 members (excludes halogenated alkanes) is 1. The van der Waals surface area contributed by atoms with Crippen LogP contribution in [0.5, 0.6) is 0 Å². The molecular formula is C12H28O3Si. The quantitative estimate of drug-likeness (QED) is 0.583. The molecule has 0 bridgehead atoms. The van der Waals surface area contributed by atoms with Crippen LogP contribution in [0.15, 0.2) is 0 Å². The predicted molar refractivity (Wildman–Crippen MR) is 69.6 cm³/mol. The van der Waals surface area contributed by atoms with Crippen molar-refractivity contribution < 1.29 is 13.3 Å². The van der Waals surface area contributed by atoms with Crippen molar-refractivity contribution in [3.05, 3.63) is 0 Å². The highest BCUT2D eigenvalue weighted by atomic mass is 28.4. The van der Waals surface area contributed by atoms with Crippen LogP contribution < -0.4 is 0 Å². The number of hydrogen-bond donors (Lipinski definition) is 0. The first-order valence-electron chi connectivity index (χ1n) is 6.27. The Morgan fingerprint density at radius 1 is 0.875 bits per heavy atom. The molecule has 0 aromatic heterocycles. The van der Waals surface area contributed by atoms with Crippen LogP contribution >= 0.6 is 0 Å². The molecule has 0 rings (SSSR count). The molecule has 0 radical (unpaired) electrons. The summed E-state index contributed by atoms with van der Waals surface area (Å²) in [5.41, 5.74) is 0. The second kappa shape index (κ2) is 7.43. The maximum atomic E-state index is 5.68. The van der Waals surface area contributed by atoms with Gasteiger partial charge in [-0.2, -0.15) is 0 Å². The van der Waals surface area contributed by atoms with Gasteiger partial charge in [-0.15, -0.1) is 0 Å². The summed E-state index contributed by atoms with van der Waals surface area (Å²) in [7, 11) is 2.61. The highest BCUT2D eigenvalue weighted by Gasteiger charge is 2.56. The molecule has 0 spiro atoms. The van der Waals surface area contributed by atoms with Gasteiger partial charge in [-0.3, -0.25) is 0 Å². The Hall–Kier alpha value is 0.0969. The predicted octanol–water partition coefficient (Wildman–Crippen LogP) is 3.62. The van der Waals surface area contributed by atoms with Gasteiger partial charge < -0.3 is 13.3 Å². The standard InChI is InChI=1S/C12H28O3Si/c1-7-10-11-12(8-2,9-3)16(13-4,14-5)15-6/h7-11H2,1-6H3. The smallest absolute Gasteiger partial charge is 0.377 e. The molecule has 0 unspecified atom stereocenters. The van der Waals surface area contributed by atoms with Crippen LogP contribution in [0.3, 0.4) is 0 Å². The van der Waals surface area contributed by atoms with Crippen LogP contribution in [-0.4, -0.2) is 30.1 Å².